The highest BCUT2D eigenvalue weighted by Gasteiger charge is 2.22. The number of fused-ring (bicyclic) bond motifs is 6. The first-order valence-electron chi connectivity index (χ1n) is 15.4. The van der Waals surface area contributed by atoms with Crippen molar-refractivity contribution < 1.29 is 4.42 Å². The molecule has 0 bridgehead atoms. The van der Waals surface area contributed by atoms with E-state index in [2.05, 4.69) is 133 Å². The van der Waals surface area contributed by atoms with Crippen molar-refractivity contribution in [1.29, 1.82) is 0 Å². The van der Waals surface area contributed by atoms with Crippen LogP contribution in [-0.2, 0) is 12.8 Å². The minimum absolute atomic E-state index is 0.993. The Balaban J connectivity index is 1.32. The van der Waals surface area contributed by atoms with Gasteiger partial charge in [-0.2, -0.15) is 0 Å². The summed E-state index contributed by atoms with van der Waals surface area (Å²) in [6, 6.07) is 42.5. The number of allylic oxidation sites excluding steroid dienone is 2. The summed E-state index contributed by atoms with van der Waals surface area (Å²) in [6.07, 6.45) is 11.1. The van der Waals surface area contributed by atoms with E-state index in [0.29, 0.717) is 0 Å². The van der Waals surface area contributed by atoms with Gasteiger partial charge in [-0.1, -0.05) is 121 Å². The molecule has 0 saturated carbocycles. The van der Waals surface area contributed by atoms with E-state index in [0.717, 1.165) is 42.6 Å². The molecule has 0 spiro atoms. The molecule has 2 aliphatic carbocycles. The largest absolute Gasteiger partial charge is 0.456 e. The molecule has 1 heteroatoms. The maximum atomic E-state index is 6.61. The summed E-state index contributed by atoms with van der Waals surface area (Å²) < 4.78 is 6.61. The molecular formula is C42H30O. The molecule has 7 aromatic rings. The molecule has 0 radical (unpaired) electrons. The molecule has 0 saturated heterocycles. The maximum Gasteiger partial charge on any atom is 0.142 e. The third-order valence-corrected chi connectivity index (χ3v) is 9.41. The van der Waals surface area contributed by atoms with Crippen LogP contribution in [0.15, 0.2) is 132 Å². The van der Waals surface area contributed by atoms with Crippen LogP contribution in [0, 0.1) is 0 Å². The quantitative estimate of drug-likeness (QED) is 0.199. The molecule has 0 unspecified atom stereocenters. The van der Waals surface area contributed by atoms with E-state index in [4.69, 9.17) is 4.42 Å². The summed E-state index contributed by atoms with van der Waals surface area (Å²) >= 11 is 0. The lowest BCUT2D eigenvalue weighted by Gasteiger charge is -2.20. The molecule has 0 N–H and O–H groups in total. The Kier molecular flexibility index (Phi) is 5.52. The van der Waals surface area contributed by atoms with Gasteiger partial charge in [0.15, 0.2) is 0 Å². The number of aryl methyl sites for hydroxylation is 2. The number of benzene rings is 6. The summed E-state index contributed by atoms with van der Waals surface area (Å²) in [5, 5.41) is 6.27. The molecule has 2 aliphatic rings. The van der Waals surface area contributed by atoms with Crippen LogP contribution in [0.2, 0.25) is 0 Å². The van der Waals surface area contributed by atoms with E-state index in [1.54, 1.807) is 0 Å². The van der Waals surface area contributed by atoms with Gasteiger partial charge < -0.3 is 4.42 Å². The van der Waals surface area contributed by atoms with E-state index < -0.39 is 0 Å². The molecule has 1 heterocycles. The fraction of sp³-hybridized carbons (Fsp3) is 0.0952. The standard InChI is InChI=1S/C42H30O/c1-2-16-30-27(12-1)13-10-22-31(30)28-14-9-15-29(26-28)40-33-18-3-5-20-35(33)41(36-21-6-4-19-34(36)40)38-24-11-23-37-32-17-7-8-25-39(32)43-42(37)38/h1-6,8-9,11-12,14-16,18-26H,7,10,13,17H2. The number of furan rings is 1. The molecule has 0 aliphatic heterocycles. The lowest BCUT2D eigenvalue weighted by molar-refractivity contribution is 0.596. The number of rotatable bonds is 3. The third-order valence-electron chi connectivity index (χ3n) is 9.41. The molecule has 9 rings (SSSR count). The average molecular weight is 551 g/mol. The zero-order chi connectivity index (χ0) is 28.3. The predicted octanol–water partition coefficient (Wildman–Crippen LogP) is 11.4. The molecule has 43 heavy (non-hydrogen) atoms. The van der Waals surface area contributed by atoms with E-state index in [1.807, 2.05) is 0 Å². The molecule has 0 amide bonds. The molecule has 1 aromatic heterocycles. The van der Waals surface area contributed by atoms with Gasteiger partial charge in [-0.3, -0.25) is 0 Å². The van der Waals surface area contributed by atoms with Gasteiger partial charge in [-0.05, 0) is 92.8 Å². The number of hydrogen-bond acceptors (Lipinski definition) is 1. The van der Waals surface area contributed by atoms with Crippen molar-refractivity contribution in [1.82, 2.24) is 0 Å². The predicted molar refractivity (Wildman–Crippen MR) is 181 cm³/mol. The summed E-state index contributed by atoms with van der Waals surface area (Å²) in [4.78, 5) is 0. The molecule has 0 fully saturated rings. The highest BCUT2D eigenvalue weighted by molar-refractivity contribution is 6.23. The van der Waals surface area contributed by atoms with Crippen molar-refractivity contribution in [3.8, 4) is 22.3 Å². The van der Waals surface area contributed by atoms with Gasteiger partial charge in [-0.15, -0.1) is 0 Å². The zero-order valence-corrected chi connectivity index (χ0v) is 23.9. The first-order chi connectivity index (χ1) is 21.3. The van der Waals surface area contributed by atoms with Crippen molar-refractivity contribution in [2.75, 3.05) is 0 Å². The van der Waals surface area contributed by atoms with E-state index in [-0.39, 0.29) is 0 Å². The highest BCUT2D eigenvalue weighted by atomic mass is 16.3. The topological polar surface area (TPSA) is 13.1 Å². The van der Waals surface area contributed by atoms with E-state index in [9.17, 15) is 0 Å². The highest BCUT2D eigenvalue weighted by Crippen LogP contribution is 2.47. The van der Waals surface area contributed by atoms with Gasteiger partial charge in [0.2, 0.25) is 0 Å². The summed E-state index contributed by atoms with van der Waals surface area (Å²) in [5.41, 5.74) is 12.7. The van der Waals surface area contributed by atoms with Gasteiger partial charge in [0, 0.05) is 22.1 Å². The van der Waals surface area contributed by atoms with Gasteiger partial charge in [0.25, 0.3) is 0 Å². The third kappa shape index (κ3) is 3.78. The SMILES string of the molecule is C1=Cc2oc3c(-c4c5ccccc5c(-c5cccc(C6=CCCc7ccccc76)c5)c5ccccc45)cccc3c2CC1. The second kappa shape index (κ2) is 9.71. The Morgan fingerprint density at radius 2 is 1.16 bits per heavy atom. The smallest absolute Gasteiger partial charge is 0.142 e. The van der Waals surface area contributed by atoms with Crippen molar-refractivity contribution in [2.45, 2.75) is 25.7 Å². The molecular weight excluding hydrogens is 520 g/mol. The fourth-order valence-corrected chi connectivity index (χ4v) is 7.52. The molecule has 204 valence electrons. The van der Waals surface area contributed by atoms with Crippen molar-refractivity contribution in [2.24, 2.45) is 0 Å². The van der Waals surface area contributed by atoms with Crippen LogP contribution in [-0.4, -0.2) is 0 Å². The van der Waals surface area contributed by atoms with Crippen LogP contribution in [0.1, 0.15) is 40.9 Å². The van der Waals surface area contributed by atoms with Crippen molar-refractivity contribution in [3.63, 3.8) is 0 Å². The van der Waals surface area contributed by atoms with Crippen molar-refractivity contribution >= 4 is 44.2 Å². The first kappa shape index (κ1) is 24.5. The normalized spacial score (nSPS) is 14.2. The van der Waals surface area contributed by atoms with Crippen LogP contribution in [0.5, 0.6) is 0 Å². The maximum absolute atomic E-state index is 6.61. The Morgan fingerprint density at radius 3 is 1.98 bits per heavy atom. The minimum Gasteiger partial charge on any atom is -0.456 e. The van der Waals surface area contributed by atoms with E-state index >= 15 is 0 Å². The lowest BCUT2D eigenvalue weighted by atomic mass is 9.83. The Morgan fingerprint density at radius 1 is 0.512 bits per heavy atom. The van der Waals surface area contributed by atoms with Gasteiger partial charge in [0.05, 0.1) is 0 Å². The zero-order valence-electron chi connectivity index (χ0n) is 23.9. The molecule has 1 nitrogen and oxygen atoms in total. The number of hydrogen-bond donors (Lipinski definition) is 0. The Bertz CT molecular complexity index is 2230. The monoisotopic (exact) mass is 550 g/mol. The van der Waals surface area contributed by atoms with Gasteiger partial charge in [-0.25, -0.2) is 0 Å². The number of para-hydroxylation sites is 1. The van der Waals surface area contributed by atoms with Crippen LogP contribution in [0.4, 0.5) is 0 Å². The summed E-state index contributed by atoms with van der Waals surface area (Å²) in [7, 11) is 0. The summed E-state index contributed by atoms with van der Waals surface area (Å²) in [5.74, 6) is 1.01. The lowest BCUT2D eigenvalue weighted by Crippen LogP contribution is -2.00. The Labute approximate surface area is 251 Å². The minimum atomic E-state index is 0.993. The average Bonchev–Trinajstić information content (AvgIpc) is 3.46. The van der Waals surface area contributed by atoms with Gasteiger partial charge >= 0.3 is 0 Å². The Hall–Kier alpha value is -5.14. The second-order valence-electron chi connectivity index (χ2n) is 11.8. The van der Waals surface area contributed by atoms with Crippen molar-refractivity contribution in [3.05, 3.63) is 155 Å². The van der Waals surface area contributed by atoms with Crippen LogP contribution in [0.25, 0.3) is 66.4 Å². The summed E-state index contributed by atoms with van der Waals surface area (Å²) in [6.45, 7) is 0. The van der Waals surface area contributed by atoms with Gasteiger partial charge in [0.1, 0.15) is 11.3 Å². The van der Waals surface area contributed by atoms with Crippen LogP contribution < -0.4 is 0 Å². The van der Waals surface area contributed by atoms with Crippen LogP contribution >= 0.6 is 0 Å². The second-order valence-corrected chi connectivity index (χ2v) is 11.8. The fourth-order valence-electron chi connectivity index (χ4n) is 7.52. The molecule has 6 aromatic carbocycles. The van der Waals surface area contributed by atoms with E-state index in [1.165, 1.54) is 71.4 Å². The molecule has 0 atom stereocenters. The first-order valence-corrected chi connectivity index (χ1v) is 15.4. The van der Waals surface area contributed by atoms with Crippen LogP contribution in [0.3, 0.4) is 0 Å².